The van der Waals surface area contributed by atoms with Gasteiger partial charge in [0.15, 0.2) is 0 Å². The number of hydrogen-bond donors (Lipinski definition) is 2. The number of nitrogens with one attached hydrogen (secondary N) is 2. The average molecular weight is 233 g/mol. The Kier molecular flexibility index (Phi) is 4.09. The molecule has 92 valence electrons. The molecule has 0 saturated carbocycles. The van der Waals surface area contributed by atoms with E-state index in [2.05, 4.69) is 15.6 Å². The third-order valence-electron chi connectivity index (χ3n) is 3.06. The molecular formula is C13H19N3O. The average Bonchev–Trinajstić information content (AvgIpc) is 2.37. The van der Waals surface area contributed by atoms with Crippen LogP contribution in [0.3, 0.4) is 0 Å². The highest BCUT2D eigenvalue weighted by Gasteiger charge is 2.20. The Labute approximate surface area is 102 Å². The van der Waals surface area contributed by atoms with E-state index >= 15 is 0 Å². The van der Waals surface area contributed by atoms with Crippen LogP contribution in [0.25, 0.3) is 0 Å². The van der Waals surface area contributed by atoms with E-state index in [1.807, 2.05) is 25.1 Å². The maximum atomic E-state index is 11.9. The maximum absolute atomic E-state index is 11.9. The lowest BCUT2D eigenvalue weighted by Gasteiger charge is -2.21. The van der Waals surface area contributed by atoms with Crippen LogP contribution in [0.15, 0.2) is 18.2 Å². The van der Waals surface area contributed by atoms with E-state index in [-0.39, 0.29) is 11.8 Å². The van der Waals surface area contributed by atoms with Gasteiger partial charge in [-0.25, -0.2) is 0 Å². The fraction of sp³-hybridized carbons (Fsp3) is 0.538. The van der Waals surface area contributed by atoms with Gasteiger partial charge in [0, 0.05) is 12.2 Å². The number of carbonyl (C=O) groups excluding carboxylic acids is 1. The molecule has 0 spiro atoms. The summed E-state index contributed by atoms with van der Waals surface area (Å²) in [7, 11) is 0. The van der Waals surface area contributed by atoms with Crippen LogP contribution in [0.1, 0.15) is 24.2 Å². The molecule has 0 radical (unpaired) electrons. The van der Waals surface area contributed by atoms with Gasteiger partial charge in [0.1, 0.15) is 0 Å². The second kappa shape index (κ2) is 5.77. The van der Waals surface area contributed by atoms with E-state index < -0.39 is 0 Å². The highest BCUT2D eigenvalue weighted by molar-refractivity contribution is 5.78. The molecule has 0 aromatic carbocycles. The molecule has 1 aliphatic heterocycles. The van der Waals surface area contributed by atoms with E-state index in [9.17, 15) is 4.79 Å². The molecule has 1 fully saturated rings. The third-order valence-corrected chi connectivity index (χ3v) is 3.06. The maximum Gasteiger partial charge on any atom is 0.224 e. The van der Waals surface area contributed by atoms with Crippen molar-refractivity contribution >= 4 is 5.91 Å². The Morgan fingerprint density at radius 1 is 1.59 bits per heavy atom. The number of aromatic nitrogens is 1. The van der Waals surface area contributed by atoms with Crippen molar-refractivity contribution in [1.29, 1.82) is 0 Å². The summed E-state index contributed by atoms with van der Waals surface area (Å²) < 4.78 is 0. The predicted octanol–water partition coefficient (Wildman–Crippen LogP) is 1.01. The lowest BCUT2D eigenvalue weighted by atomic mass is 9.99. The molecule has 0 aliphatic carbocycles. The molecule has 2 heterocycles. The Morgan fingerprint density at radius 3 is 3.18 bits per heavy atom. The van der Waals surface area contributed by atoms with Gasteiger partial charge in [-0.05, 0) is 38.4 Å². The van der Waals surface area contributed by atoms with Crippen LogP contribution in [-0.4, -0.2) is 24.0 Å². The summed E-state index contributed by atoms with van der Waals surface area (Å²) in [5.41, 5.74) is 1.90. The number of hydrogen-bond acceptors (Lipinski definition) is 3. The fourth-order valence-corrected chi connectivity index (χ4v) is 2.10. The molecule has 1 atom stereocenters. The van der Waals surface area contributed by atoms with E-state index in [1.54, 1.807) is 0 Å². The van der Waals surface area contributed by atoms with Crippen LogP contribution in [0, 0.1) is 12.8 Å². The van der Waals surface area contributed by atoms with Crippen LogP contribution >= 0.6 is 0 Å². The smallest absolute Gasteiger partial charge is 0.224 e. The quantitative estimate of drug-likeness (QED) is 0.819. The number of amides is 1. The fourth-order valence-electron chi connectivity index (χ4n) is 2.10. The van der Waals surface area contributed by atoms with Crippen molar-refractivity contribution in [3.63, 3.8) is 0 Å². The standard InChI is InChI=1S/C13H19N3O/c1-10-4-2-6-12(16-10)9-15-13(17)11-5-3-7-14-8-11/h2,4,6,11,14H,3,5,7-9H2,1H3,(H,15,17). The molecule has 0 bridgehead atoms. The largest absolute Gasteiger partial charge is 0.350 e. The van der Waals surface area contributed by atoms with Gasteiger partial charge in [0.05, 0.1) is 18.2 Å². The summed E-state index contributed by atoms with van der Waals surface area (Å²) in [5.74, 6) is 0.258. The predicted molar refractivity (Wildman–Crippen MR) is 66.4 cm³/mol. The minimum Gasteiger partial charge on any atom is -0.350 e. The van der Waals surface area contributed by atoms with E-state index in [1.165, 1.54) is 0 Å². The topological polar surface area (TPSA) is 54.0 Å². The Morgan fingerprint density at radius 2 is 2.47 bits per heavy atom. The van der Waals surface area contributed by atoms with Gasteiger partial charge in [0.2, 0.25) is 5.91 Å². The SMILES string of the molecule is Cc1cccc(CNC(=O)C2CCCNC2)n1. The van der Waals surface area contributed by atoms with Crippen molar-refractivity contribution < 1.29 is 4.79 Å². The Balaban J connectivity index is 1.83. The summed E-state index contributed by atoms with van der Waals surface area (Å²) >= 11 is 0. The zero-order valence-electron chi connectivity index (χ0n) is 10.2. The van der Waals surface area contributed by atoms with Gasteiger partial charge in [0.25, 0.3) is 0 Å². The molecule has 1 aliphatic rings. The summed E-state index contributed by atoms with van der Waals surface area (Å²) in [6.45, 7) is 4.31. The van der Waals surface area contributed by atoms with E-state index in [4.69, 9.17) is 0 Å². The van der Waals surface area contributed by atoms with Crippen LogP contribution in [-0.2, 0) is 11.3 Å². The summed E-state index contributed by atoms with van der Waals surface area (Å²) in [6, 6.07) is 5.86. The van der Waals surface area contributed by atoms with Crippen LogP contribution in [0.5, 0.6) is 0 Å². The number of piperidine rings is 1. The number of rotatable bonds is 3. The minimum atomic E-state index is 0.119. The van der Waals surface area contributed by atoms with Crippen molar-refractivity contribution in [3.05, 3.63) is 29.6 Å². The highest BCUT2D eigenvalue weighted by Crippen LogP contribution is 2.09. The summed E-state index contributed by atoms with van der Waals surface area (Å²) in [5, 5.41) is 6.20. The molecule has 1 amide bonds. The van der Waals surface area contributed by atoms with Gasteiger partial charge in [-0.2, -0.15) is 0 Å². The monoisotopic (exact) mass is 233 g/mol. The zero-order valence-corrected chi connectivity index (χ0v) is 10.2. The number of carbonyl (C=O) groups is 1. The van der Waals surface area contributed by atoms with Gasteiger partial charge in [-0.15, -0.1) is 0 Å². The van der Waals surface area contributed by atoms with Crippen molar-refractivity contribution in [2.45, 2.75) is 26.3 Å². The summed E-state index contributed by atoms with van der Waals surface area (Å²) in [6.07, 6.45) is 2.07. The highest BCUT2D eigenvalue weighted by atomic mass is 16.1. The van der Waals surface area contributed by atoms with E-state index in [0.717, 1.165) is 37.3 Å². The van der Waals surface area contributed by atoms with Crippen LogP contribution < -0.4 is 10.6 Å². The Hall–Kier alpha value is -1.42. The first-order valence-corrected chi connectivity index (χ1v) is 6.16. The molecule has 1 aromatic heterocycles. The molecule has 4 heteroatoms. The van der Waals surface area contributed by atoms with Crippen molar-refractivity contribution in [3.8, 4) is 0 Å². The minimum absolute atomic E-state index is 0.119. The normalized spacial score (nSPS) is 19.9. The molecular weight excluding hydrogens is 214 g/mol. The molecule has 4 nitrogen and oxygen atoms in total. The van der Waals surface area contributed by atoms with Crippen molar-refractivity contribution in [1.82, 2.24) is 15.6 Å². The molecule has 1 saturated heterocycles. The first-order valence-electron chi connectivity index (χ1n) is 6.16. The number of aryl methyl sites for hydroxylation is 1. The van der Waals surface area contributed by atoms with Gasteiger partial charge in [-0.1, -0.05) is 6.07 Å². The second-order valence-electron chi connectivity index (χ2n) is 4.53. The molecule has 1 aromatic rings. The molecule has 17 heavy (non-hydrogen) atoms. The second-order valence-corrected chi connectivity index (χ2v) is 4.53. The number of pyridine rings is 1. The molecule has 2 N–H and O–H groups in total. The van der Waals surface area contributed by atoms with E-state index in [0.29, 0.717) is 6.54 Å². The lowest BCUT2D eigenvalue weighted by Crippen LogP contribution is -2.40. The summed E-state index contributed by atoms with van der Waals surface area (Å²) in [4.78, 5) is 16.2. The van der Waals surface area contributed by atoms with Crippen molar-refractivity contribution in [2.75, 3.05) is 13.1 Å². The van der Waals surface area contributed by atoms with Crippen LogP contribution in [0.4, 0.5) is 0 Å². The Bertz CT molecular complexity index is 386. The first-order chi connectivity index (χ1) is 8.25. The van der Waals surface area contributed by atoms with Crippen molar-refractivity contribution in [2.24, 2.45) is 5.92 Å². The lowest BCUT2D eigenvalue weighted by molar-refractivity contribution is -0.125. The zero-order chi connectivity index (χ0) is 12.1. The first kappa shape index (κ1) is 12.0. The molecule has 1 unspecified atom stereocenters. The van der Waals surface area contributed by atoms with Gasteiger partial charge < -0.3 is 10.6 Å². The molecule has 2 rings (SSSR count). The third kappa shape index (κ3) is 3.53. The van der Waals surface area contributed by atoms with Gasteiger partial charge >= 0.3 is 0 Å². The number of nitrogens with zero attached hydrogens (tertiary/aromatic N) is 1. The van der Waals surface area contributed by atoms with Crippen LogP contribution in [0.2, 0.25) is 0 Å². The van der Waals surface area contributed by atoms with Gasteiger partial charge in [-0.3, -0.25) is 9.78 Å².